The molecule has 0 bridgehead atoms. The SMILES string of the molecule is C#CCCCC(O)Cc1c(C)nn(C)c1C. The normalized spacial score (nSPS) is 12.4. The van der Waals surface area contributed by atoms with Crippen LogP contribution >= 0.6 is 0 Å². The maximum absolute atomic E-state index is 9.88. The molecule has 0 aliphatic heterocycles. The van der Waals surface area contributed by atoms with E-state index >= 15 is 0 Å². The van der Waals surface area contributed by atoms with Gasteiger partial charge in [-0.2, -0.15) is 5.10 Å². The first-order chi connectivity index (χ1) is 7.56. The van der Waals surface area contributed by atoms with Crippen molar-refractivity contribution < 1.29 is 5.11 Å². The third-order valence-electron chi connectivity index (χ3n) is 2.96. The standard InChI is InChI=1S/C13H20N2O/c1-5-6-7-8-12(16)9-13-10(2)14-15(4)11(13)3/h1,12,16H,6-9H2,2-4H3. The summed E-state index contributed by atoms with van der Waals surface area (Å²) in [5, 5.41) is 14.2. The highest BCUT2D eigenvalue weighted by molar-refractivity contribution is 5.24. The largest absolute Gasteiger partial charge is 0.393 e. The number of hydrogen-bond donors (Lipinski definition) is 1. The highest BCUT2D eigenvalue weighted by Crippen LogP contribution is 2.16. The average molecular weight is 220 g/mol. The molecule has 0 saturated carbocycles. The van der Waals surface area contributed by atoms with Crippen LogP contribution in [-0.4, -0.2) is 21.0 Å². The van der Waals surface area contributed by atoms with Gasteiger partial charge in [-0.1, -0.05) is 0 Å². The smallest absolute Gasteiger partial charge is 0.0629 e. The van der Waals surface area contributed by atoms with Crippen LogP contribution in [0.5, 0.6) is 0 Å². The molecule has 0 aromatic carbocycles. The second-order valence-corrected chi connectivity index (χ2v) is 4.23. The number of unbranched alkanes of at least 4 members (excludes halogenated alkanes) is 1. The first-order valence-corrected chi connectivity index (χ1v) is 5.66. The Kier molecular flexibility index (Phi) is 4.57. The van der Waals surface area contributed by atoms with Gasteiger partial charge in [-0.15, -0.1) is 12.3 Å². The Balaban J connectivity index is 2.56. The molecule has 0 amide bonds. The first kappa shape index (κ1) is 12.8. The van der Waals surface area contributed by atoms with Gasteiger partial charge in [-0.05, 0) is 32.3 Å². The van der Waals surface area contributed by atoms with Gasteiger partial charge in [-0.25, -0.2) is 0 Å². The zero-order valence-corrected chi connectivity index (χ0v) is 10.3. The molecule has 3 heteroatoms. The van der Waals surface area contributed by atoms with E-state index in [0.717, 1.165) is 36.2 Å². The van der Waals surface area contributed by atoms with Crippen LogP contribution in [0.25, 0.3) is 0 Å². The Hall–Kier alpha value is -1.27. The number of aliphatic hydroxyl groups is 1. The fraction of sp³-hybridized carbons (Fsp3) is 0.615. The lowest BCUT2D eigenvalue weighted by atomic mass is 10.0. The number of nitrogens with zero attached hydrogens (tertiary/aromatic N) is 2. The second kappa shape index (κ2) is 5.72. The van der Waals surface area contributed by atoms with Crippen molar-refractivity contribution in [3.05, 3.63) is 17.0 Å². The number of terminal acetylenes is 1. The quantitative estimate of drug-likeness (QED) is 0.606. The molecule has 1 aromatic rings. The van der Waals surface area contributed by atoms with Crippen molar-refractivity contribution >= 4 is 0 Å². The van der Waals surface area contributed by atoms with E-state index in [-0.39, 0.29) is 6.10 Å². The maximum atomic E-state index is 9.88. The Labute approximate surface area is 97.5 Å². The topological polar surface area (TPSA) is 38.1 Å². The molecule has 0 aliphatic carbocycles. The van der Waals surface area contributed by atoms with E-state index in [1.165, 1.54) is 0 Å². The minimum absolute atomic E-state index is 0.310. The molecule has 1 rings (SSSR count). The van der Waals surface area contributed by atoms with Crippen LogP contribution in [0.3, 0.4) is 0 Å². The zero-order valence-electron chi connectivity index (χ0n) is 10.3. The van der Waals surface area contributed by atoms with Crippen LogP contribution in [0.1, 0.15) is 36.2 Å². The van der Waals surface area contributed by atoms with Crippen LogP contribution in [0, 0.1) is 26.2 Å². The van der Waals surface area contributed by atoms with Crippen molar-refractivity contribution in [2.24, 2.45) is 7.05 Å². The average Bonchev–Trinajstić information content (AvgIpc) is 2.46. The summed E-state index contributed by atoms with van der Waals surface area (Å²) in [7, 11) is 1.93. The van der Waals surface area contributed by atoms with Crippen molar-refractivity contribution in [3.63, 3.8) is 0 Å². The number of rotatable bonds is 5. The molecule has 3 nitrogen and oxygen atoms in total. The van der Waals surface area contributed by atoms with Gasteiger partial charge in [0.15, 0.2) is 0 Å². The summed E-state index contributed by atoms with van der Waals surface area (Å²) >= 11 is 0. The molecule has 16 heavy (non-hydrogen) atoms. The molecule has 1 aromatic heterocycles. The molecule has 0 fully saturated rings. The van der Waals surface area contributed by atoms with E-state index in [2.05, 4.69) is 11.0 Å². The van der Waals surface area contributed by atoms with Crippen LogP contribution in [0.15, 0.2) is 0 Å². The fourth-order valence-electron chi connectivity index (χ4n) is 1.89. The summed E-state index contributed by atoms with van der Waals surface area (Å²) in [6, 6.07) is 0. The lowest BCUT2D eigenvalue weighted by Gasteiger charge is -2.09. The summed E-state index contributed by atoms with van der Waals surface area (Å²) in [6.45, 7) is 4.01. The molecule has 1 unspecified atom stereocenters. The van der Waals surface area contributed by atoms with Gasteiger partial charge in [-0.3, -0.25) is 4.68 Å². The molecule has 0 radical (unpaired) electrons. The molecule has 1 N–H and O–H groups in total. The van der Waals surface area contributed by atoms with Crippen LogP contribution in [0.2, 0.25) is 0 Å². The number of aryl methyl sites for hydroxylation is 2. The van der Waals surface area contributed by atoms with Crippen molar-refractivity contribution in [2.45, 2.75) is 45.6 Å². The lowest BCUT2D eigenvalue weighted by molar-refractivity contribution is 0.162. The van der Waals surface area contributed by atoms with E-state index in [1.54, 1.807) is 0 Å². The van der Waals surface area contributed by atoms with E-state index in [9.17, 15) is 5.11 Å². The lowest BCUT2D eigenvalue weighted by Crippen LogP contribution is -2.11. The Morgan fingerprint density at radius 3 is 2.69 bits per heavy atom. The molecule has 1 heterocycles. The van der Waals surface area contributed by atoms with E-state index in [0.29, 0.717) is 6.42 Å². The second-order valence-electron chi connectivity index (χ2n) is 4.23. The molecule has 0 saturated heterocycles. The Morgan fingerprint density at radius 2 is 2.19 bits per heavy atom. The fourth-order valence-corrected chi connectivity index (χ4v) is 1.89. The van der Waals surface area contributed by atoms with Crippen LogP contribution in [0.4, 0.5) is 0 Å². The molecule has 0 spiro atoms. The number of aliphatic hydroxyl groups excluding tert-OH is 1. The van der Waals surface area contributed by atoms with Crippen molar-refractivity contribution in [2.75, 3.05) is 0 Å². The summed E-state index contributed by atoms with van der Waals surface area (Å²) in [6.07, 6.45) is 7.93. The van der Waals surface area contributed by atoms with Gasteiger partial charge < -0.3 is 5.11 Å². The van der Waals surface area contributed by atoms with Gasteiger partial charge in [0.25, 0.3) is 0 Å². The predicted molar refractivity (Wildman–Crippen MR) is 65.1 cm³/mol. The van der Waals surface area contributed by atoms with Crippen molar-refractivity contribution in [3.8, 4) is 12.3 Å². The summed E-state index contributed by atoms with van der Waals surface area (Å²) in [5.74, 6) is 2.59. The minimum Gasteiger partial charge on any atom is -0.393 e. The van der Waals surface area contributed by atoms with E-state index in [4.69, 9.17) is 6.42 Å². The molecular weight excluding hydrogens is 200 g/mol. The van der Waals surface area contributed by atoms with E-state index in [1.807, 2.05) is 25.6 Å². The summed E-state index contributed by atoms with van der Waals surface area (Å²) < 4.78 is 1.86. The highest BCUT2D eigenvalue weighted by Gasteiger charge is 2.13. The van der Waals surface area contributed by atoms with Gasteiger partial charge >= 0.3 is 0 Å². The maximum Gasteiger partial charge on any atom is 0.0629 e. The predicted octanol–water partition coefficient (Wildman–Crippen LogP) is 1.74. The minimum atomic E-state index is -0.310. The zero-order chi connectivity index (χ0) is 12.1. The van der Waals surface area contributed by atoms with Gasteiger partial charge in [0, 0.05) is 25.6 Å². The van der Waals surface area contributed by atoms with Gasteiger partial charge in [0.2, 0.25) is 0 Å². The van der Waals surface area contributed by atoms with Crippen molar-refractivity contribution in [1.82, 2.24) is 9.78 Å². The highest BCUT2D eigenvalue weighted by atomic mass is 16.3. The van der Waals surface area contributed by atoms with Crippen LogP contribution in [-0.2, 0) is 13.5 Å². The molecular formula is C13H20N2O. The molecule has 0 aliphatic rings. The number of hydrogen-bond acceptors (Lipinski definition) is 2. The third-order valence-corrected chi connectivity index (χ3v) is 2.96. The summed E-state index contributed by atoms with van der Waals surface area (Å²) in [5.41, 5.74) is 3.31. The first-order valence-electron chi connectivity index (χ1n) is 5.66. The van der Waals surface area contributed by atoms with Gasteiger partial charge in [0.05, 0.1) is 11.8 Å². The summed E-state index contributed by atoms with van der Waals surface area (Å²) in [4.78, 5) is 0. The third kappa shape index (κ3) is 3.11. The monoisotopic (exact) mass is 220 g/mol. The Morgan fingerprint density at radius 1 is 1.50 bits per heavy atom. The van der Waals surface area contributed by atoms with Crippen LogP contribution < -0.4 is 0 Å². The Bertz CT molecular complexity index is 387. The molecule has 88 valence electrons. The van der Waals surface area contributed by atoms with Crippen molar-refractivity contribution in [1.29, 1.82) is 0 Å². The number of aromatic nitrogens is 2. The van der Waals surface area contributed by atoms with Gasteiger partial charge in [0.1, 0.15) is 0 Å². The van der Waals surface area contributed by atoms with E-state index < -0.39 is 0 Å². The molecule has 1 atom stereocenters.